The molecular weight excluding hydrogens is 292 g/mol. The van der Waals surface area contributed by atoms with Gasteiger partial charge < -0.3 is 10.1 Å². The molecule has 1 rings (SSSR count). The Kier molecular flexibility index (Phi) is 7.49. The van der Waals surface area contributed by atoms with E-state index in [0.29, 0.717) is 12.5 Å². The van der Waals surface area contributed by atoms with Gasteiger partial charge in [0.2, 0.25) is 0 Å². The number of unbranched alkanes of at least 4 members (excludes halogenated alkanes) is 3. The summed E-state index contributed by atoms with van der Waals surface area (Å²) in [7, 11) is 1.23. The van der Waals surface area contributed by atoms with Crippen LogP contribution in [0.4, 0.5) is 8.78 Å². The second-order valence-electron chi connectivity index (χ2n) is 5.06. The highest BCUT2D eigenvalue weighted by Gasteiger charge is 2.22. The lowest BCUT2D eigenvalue weighted by Gasteiger charge is -2.16. The highest BCUT2D eigenvalue weighted by Crippen LogP contribution is 2.11. The number of benzene rings is 1. The van der Waals surface area contributed by atoms with E-state index < -0.39 is 29.6 Å². The molecule has 1 amide bonds. The third-order valence-electron chi connectivity index (χ3n) is 3.26. The van der Waals surface area contributed by atoms with Gasteiger partial charge >= 0.3 is 5.97 Å². The van der Waals surface area contributed by atoms with Gasteiger partial charge in [0, 0.05) is 11.6 Å². The predicted octanol–water partition coefficient (Wildman–Crippen LogP) is 3.21. The second-order valence-corrected chi connectivity index (χ2v) is 5.06. The molecule has 0 saturated heterocycles. The number of amides is 1. The Bertz CT molecular complexity index is 500. The van der Waals surface area contributed by atoms with Crippen LogP contribution in [0.5, 0.6) is 0 Å². The lowest BCUT2D eigenvalue weighted by molar-refractivity contribution is -0.143. The predicted molar refractivity (Wildman–Crippen MR) is 78.4 cm³/mol. The van der Waals surface area contributed by atoms with Crippen LogP contribution in [0.1, 0.15) is 49.4 Å². The summed E-state index contributed by atoms with van der Waals surface area (Å²) < 4.78 is 30.9. The number of hydrogen-bond donors (Lipinski definition) is 1. The van der Waals surface area contributed by atoms with Crippen molar-refractivity contribution in [2.24, 2.45) is 0 Å². The topological polar surface area (TPSA) is 55.4 Å². The summed E-state index contributed by atoms with van der Waals surface area (Å²) >= 11 is 0. The van der Waals surface area contributed by atoms with Gasteiger partial charge in [0.05, 0.1) is 7.11 Å². The van der Waals surface area contributed by atoms with Crippen LogP contribution in [0.3, 0.4) is 0 Å². The molecular formula is C16H21F2NO3. The fourth-order valence-electron chi connectivity index (χ4n) is 2.09. The molecule has 122 valence electrons. The van der Waals surface area contributed by atoms with Gasteiger partial charge in [-0.05, 0) is 18.6 Å². The van der Waals surface area contributed by atoms with Crippen molar-refractivity contribution in [2.75, 3.05) is 7.11 Å². The molecule has 0 radical (unpaired) electrons. The van der Waals surface area contributed by atoms with Gasteiger partial charge in [-0.1, -0.05) is 32.6 Å². The molecule has 22 heavy (non-hydrogen) atoms. The molecule has 0 aliphatic carbocycles. The smallest absolute Gasteiger partial charge is 0.328 e. The van der Waals surface area contributed by atoms with Gasteiger partial charge in [0.25, 0.3) is 5.91 Å². The number of hydrogen-bond acceptors (Lipinski definition) is 3. The first-order chi connectivity index (χ1) is 10.5. The summed E-state index contributed by atoms with van der Waals surface area (Å²) in [5.41, 5.74) is -0.167. The Morgan fingerprint density at radius 3 is 2.32 bits per heavy atom. The lowest BCUT2D eigenvalue weighted by atomic mass is 10.1. The fourth-order valence-corrected chi connectivity index (χ4v) is 2.09. The molecule has 1 aromatic carbocycles. The van der Waals surface area contributed by atoms with E-state index in [1.54, 1.807) is 0 Å². The van der Waals surface area contributed by atoms with E-state index in [-0.39, 0.29) is 5.56 Å². The van der Waals surface area contributed by atoms with E-state index >= 15 is 0 Å². The summed E-state index contributed by atoms with van der Waals surface area (Å²) in [5, 5.41) is 2.47. The Morgan fingerprint density at radius 2 is 1.77 bits per heavy atom. The van der Waals surface area contributed by atoms with Gasteiger partial charge in [-0.15, -0.1) is 0 Å². The SMILES string of the molecule is CCCCCC[C@@H](NC(=O)c1cc(F)cc(F)c1)C(=O)OC. The first kappa shape index (κ1) is 18.1. The first-order valence-electron chi connectivity index (χ1n) is 7.32. The van der Waals surface area contributed by atoms with Crippen molar-refractivity contribution in [1.29, 1.82) is 0 Å². The third-order valence-corrected chi connectivity index (χ3v) is 3.26. The van der Waals surface area contributed by atoms with Crippen LogP contribution in [-0.4, -0.2) is 25.0 Å². The van der Waals surface area contributed by atoms with Crippen LogP contribution in [-0.2, 0) is 9.53 Å². The summed E-state index contributed by atoms with van der Waals surface area (Å²) in [6.07, 6.45) is 4.21. The highest BCUT2D eigenvalue weighted by molar-refractivity contribution is 5.96. The maximum Gasteiger partial charge on any atom is 0.328 e. The molecule has 0 aromatic heterocycles. The van der Waals surface area contributed by atoms with Crippen LogP contribution < -0.4 is 5.32 Å². The van der Waals surface area contributed by atoms with Crippen LogP contribution >= 0.6 is 0 Å². The molecule has 1 atom stereocenters. The Balaban J connectivity index is 2.71. The zero-order chi connectivity index (χ0) is 16.5. The largest absolute Gasteiger partial charge is 0.467 e. The van der Waals surface area contributed by atoms with Crippen LogP contribution in [0.2, 0.25) is 0 Å². The minimum atomic E-state index is -0.845. The average Bonchev–Trinajstić information content (AvgIpc) is 2.48. The van der Waals surface area contributed by atoms with Crippen LogP contribution in [0.25, 0.3) is 0 Å². The Hall–Kier alpha value is -1.98. The Labute approximate surface area is 128 Å². The van der Waals surface area contributed by atoms with E-state index in [4.69, 9.17) is 0 Å². The summed E-state index contributed by atoms with van der Waals surface area (Å²) in [6.45, 7) is 2.07. The molecule has 0 aliphatic rings. The quantitative estimate of drug-likeness (QED) is 0.592. The van der Waals surface area contributed by atoms with Gasteiger partial charge in [0.1, 0.15) is 17.7 Å². The van der Waals surface area contributed by atoms with Crippen molar-refractivity contribution in [2.45, 2.75) is 45.1 Å². The summed E-state index contributed by atoms with van der Waals surface area (Å²) in [6, 6.07) is 1.70. The normalized spacial score (nSPS) is 11.8. The minimum Gasteiger partial charge on any atom is -0.467 e. The molecule has 1 N–H and O–H groups in total. The number of carbonyl (C=O) groups excluding carboxylic acids is 2. The standard InChI is InChI=1S/C16H21F2NO3/c1-3-4-5-6-7-14(16(21)22-2)19-15(20)11-8-12(17)10-13(18)9-11/h8-10,14H,3-7H2,1-2H3,(H,19,20)/t14-/m1/s1. The minimum absolute atomic E-state index is 0.167. The monoisotopic (exact) mass is 313 g/mol. The Morgan fingerprint density at radius 1 is 1.14 bits per heavy atom. The molecule has 6 heteroatoms. The molecule has 4 nitrogen and oxygen atoms in total. The van der Waals surface area contributed by atoms with Gasteiger partial charge in [0.15, 0.2) is 0 Å². The van der Waals surface area contributed by atoms with Gasteiger partial charge in [-0.2, -0.15) is 0 Å². The van der Waals surface area contributed by atoms with Gasteiger partial charge in [-0.3, -0.25) is 4.79 Å². The number of halogens is 2. The molecule has 0 heterocycles. The lowest BCUT2D eigenvalue weighted by Crippen LogP contribution is -2.41. The number of ether oxygens (including phenoxy) is 1. The van der Waals surface area contributed by atoms with Crippen LogP contribution in [0, 0.1) is 11.6 Å². The highest BCUT2D eigenvalue weighted by atomic mass is 19.1. The van der Waals surface area contributed by atoms with Crippen molar-refractivity contribution in [1.82, 2.24) is 5.32 Å². The van der Waals surface area contributed by atoms with Gasteiger partial charge in [-0.25, -0.2) is 13.6 Å². The maximum atomic E-state index is 13.1. The van der Waals surface area contributed by atoms with E-state index in [0.717, 1.165) is 37.8 Å². The number of rotatable bonds is 8. The van der Waals surface area contributed by atoms with E-state index in [2.05, 4.69) is 17.0 Å². The molecule has 0 unspecified atom stereocenters. The van der Waals surface area contributed by atoms with E-state index in [9.17, 15) is 18.4 Å². The van der Waals surface area contributed by atoms with Crippen molar-refractivity contribution in [3.63, 3.8) is 0 Å². The zero-order valence-electron chi connectivity index (χ0n) is 12.8. The average molecular weight is 313 g/mol. The molecule has 1 aromatic rings. The number of methoxy groups -OCH3 is 1. The molecule has 0 saturated carbocycles. The molecule has 0 bridgehead atoms. The molecule has 0 fully saturated rings. The first-order valence-corrected chi connectivity index (χ1v) is 7.32. The number of esters is 1. The van der Waals surface area contributed by atoms with Crippen molar-refractivity contribution >= 4 is 11.9 Å². The summed E-state index contributed by atoms with van der Waals surface area (Å²) in [5.74, 6) is -2.96. The zero-order valence-corrected chi connectivity index (χ0v) is 12.8. The number of carbonyl (C=O) groups is 2. The molecule has 0 aliphatic heterocycles. The summed E-state index contributed by atoms with van der Waals surface area (Å²) in [4.78, 5) is 23.7. The second kappa shape index (κ2) is 9.12. The number of nitrogens with one attached hydrogen (secondary N) is 1. The van der Waals surface area contributed by atoms with Crippen LogP contribution in [0.15, 0.2) is 18.2 Å². The third kappa shape index (κ3) is 5.79. The maximum absolute atomic E-state index is 13.1. The van der Waals surface area contributed by atoms with Crippen molar-refractivity contribution < 1.29 is 23.1 Å². The van der Waals surface area contributed by atoms with Crippen molar-refractivity contribution in [3.05, 3.63) is 35.4 Å². The van der Waals surface area contributed by atoms with E-state index in [1.165, 1.54) is 7.11 Å². The molecule has 0 spiro atoms. The van der Waals surface area contributed by atoms with E-state index in [1.807, 2.05) is 0 Å². The fraction of sp³-hybridized carbons (Fsp3) is 0.500. The van der Waals surface area contributed by atoms with Crippen molar-refractivity contribution in [3.8, 4) is 0 Å².